The SMILES string of the molecule is CCC(C)C1OC(=O)[C@@H](NC(=O)c2cccc(N)c2O)[C@@H](C)OC(=O)C(C)(C)C(=O)C(CC(C)C)OC1=O. The number of ketones is 1. The number of amides is 1. The number of esters is 3. The van der Waals surface area contributed by atoms with Crippen LogP contribution in [-0.2, 0) is 33.4 Å². The Hall–Kier alpha value is -3.63. The van der Waals surface area contributed by atoms with Crippen LogP contribution in [0.15, 0.2) is 18.2 Å². The molecule has 1 saturated heterocycles. The summed E-state index contributed by atoms with van der Waals surface area (Å²) in [5, 5.41) is 12.6. The van der Waals surface area contributed by atoms with E-state index in [0.717, 1.165) is 0 Å². The lowest BCUT2D eigenvalue weighted by molar-refractivity contribution is -0.186. The molecule has 38 heavy (non-hydrogen) atoms. The molecule has 0 radical (unpaired) electrons. The lowest BCUT2D eigenvalue weighted by Gasteiger charge is -2.33. The number of phenolic OH excluding ortho intramolecular Hbond substituents is 1. The zero-order chi connectivity index (χ0) is 28.9. The highest BCUT2D eigenvalue weighted by Crippen LogP contribution is 2.29. The van der Waals surface area contributed by atoms with Crippen LogP contribution in [0.25, 0.3) is 0 Å². The van der Waals surface area contributed by atoms with Crippen molar-refractivity contribution in [3.8, 4) is 5.75 Å². The van der Waals surface area contributed by atoms with E-state index in [2.05, 4.69) is 5.32 Å². The van der Waals surface area contributed by atoms with Crippen LogP contribution in [0.4, 0.5) is 5.69 Å². The summed E-state index contributed by atoms with van der Waals surface area (Å²) in [6, 6.07) is 2.51. The zero-order valence-corrected chi connectivity index (χ0v) is 22.9. The fourth-order valence-corrected chi connectivity index (χ4v) is 3.87. The van der Waals surface area contributed by atoms with E-state index in [1.54, 1.807) is 13.8 Å². The van der Waals surface area contributed by atoms with Crippen LogP contribution in [0.3, 0.4) is 0 Å². The third-order valence-corrected chi connectivity index (χ3v) is 6.61. The predicted octanol–water partition coefficient (Wildman–Crippen LogP) is 2.53. The molecule has 1 fully saturated rings. The second-order valence-corrected chi connectivity index (χ2v) is 10.6. The van der Waals surface area contributed by atoms with E-state index in [-0.39, 0.29) is 23.6 Å². The molecule has 0 aliphatic carbocycles. The number of para-hydroxylation sites is 1. The number of nitrogens with one attached hydrogen (secondary N) is 1. The highest BCUT2D eigenvalue weighted by atomic mass is 16.6. The van der Waals surface area contributed by atoms with Crippen molar-refractivity contribution >= 4 is 35.3 Å². The maximum absolute atomic E-state index is 13.4. The van der Waals surface area contributed by atoms with Crippen LogP contribution >= 0.6 is 0 Å². The van der Waals surface area contributed by atoms with E-state index in [0.29, 0.717) is 6.42 Å². The molecule has 0 bridgehead atoms. The minimum atomic E-state index is -1.73. The van der Waals surface area contributed by atoms with Crippen molar-refractivity contribution in [1.29, 1.82) is 0 Å². The van der Waals surface area contributed by atoms with Gasteiger partial charge in [0.25, 0.3) is 5.91 Å². The van der Waals surface area contributed by atoms with E-state index >= 15 is 0 Å². The van der Waals surface area contributed by atoms with Gasteiger partial charge in [-0.2, -0.15) is 0 Å². The molecule has 0 saturated carbocycles. The summed E-state index contributed by atoms with van der Waals surface area (Å²) in [7, 11) is 0. The van der Waals surface area contributed by atoms with Crippen LogP contribution in [-0.4, -0.2) is 59.1 Å². The predicted molar refractivity (Wildman–Crippen MR) is 137 cm³/mol. The minimum Gasteiger partial charge on any atom is -0.505 e. The quantitative estimate of drug-likeness (QED) is 0.162. The molecule has 1 aromatic rings. The summed E-state index contributed by atoms with van der Waals surface area (Å²) in [4.78, 5) is 66.0. The van der Waals surface area contributed by atoms with Gasteiger partial charge in [-0.3, -0.25) is 14.4 Å². The monoisotopic (exact) mass is 534 g/mol. The van der Waals surface area contributed by atoms with Gasteiger partial charge >= 0.3 is 17.9 Å². The topological polar surface area (TPSA) is 171 Å². The number of benzene rings is 1. The summed E-state index contributed by atoms with van der Waals surface area (Å²) in [5.74, 6) is -5.57. The number of cyclic esters (lactones) is 3. The zero-order valence-electron chi connectivity index (χ0n) is 22.9. The molecule has 210 valence electrons. The van der Waals surface area contributed by atoms with Crippen LogP contribution in [0, 0.1) is 17.3 Å². The van der Waals surface area contributed by atoms with E-state index < -0.39 is 71.0 Å². The molecule has 5 atom stereocenters. The van der Waals surface area contributed by atoms with Crippen molar-refractivity contribution < 1.29 is 43.3 Å². The molecule has 4 N–H and O–H groups in total. The summed E-state index contributed by atoms with van der Waals surface area (Å²) in [6.45, 7) is 11.2. The van der Waals surface area contributed by atoms with Crippen LogP contribution < -0.4 is 11.1 Å². The van der Waals surface area contributed by atoms with E-state index in [1.165, 1.54) is 39.0 Å². The number of ether oxygens (including phenoxy) is 3. The van der Waals surface area contributed by atoms with Gasteiger partial charge in [-0.1, -0.05) is 33.8 Å². The third-order valence-electron chi connectivity index (χ3n) is 6.61. The minimum absolute atomic E-state index is 0.0527. The number of nitrogen functional groups attached to an aromatic ring is 1. The Morgan fingerprint density at radius 1 is 1.08 bits per heavy atom. The highest BCUT2D eigenvalue weighted by molar-refractivity contribution is 6.06. The number of phenols is 1. The number of nitrogens with two attached hydrogens (primary N) is 1. The molecule has 1 amide bonds. The average molecular weight is 535 g/mol. The number of Topliss-reactive ketones (excluding diaryl/α,β-unsaturated/α-hetero) is 1. The van der Waals surface area contributed by atoms with Gasteiger partial charge in [0.2, 0.25) is 6.10 Å². The number of hydrogen-bond acceptors (Lipinski definition) is 10. The number of carbonyl (C=O) groups is 5. The van der Waals surface area contributed by atoms with Gasteiger partial charge < -0.3 is 30.4 Å². The second-order valence-electron chi connectivity index (χ2n) is 10.6. The first kappa shape index (κ1) is 30.6. The lowest BCUT2D eigenvalue weighted by Crippen LogP contribution is -2.54. The molecule has 11 nitrogen and oxygen atoms in total. The number of carbonyl (C=O) groups excluding carboxylic acids is 5. The first-order valence-corrected chi connectivity index (χ1v) is 12.7. The molecule has 1 aromatic carbocycles. The summed E-state index contributed by atoms with van der Waals surface area (Å²) in [5.41, 5.74) is 3.65. The third kappa shape index (κ3) is 6.81. The van der Waals surface area contributed by atoms with Gasteiger partial charge in [0.15, 0.2) is 23.7 Å². The van der Waals surface area contributed by atoms with Crippen molar-refractivity contribution in [2.24, 2.45) is 17.3 Å². The molecular formula is C27H38N2O9. The molecule has 2 rings (SSSR count). The Kier molecular flexibility index (Phi) is 9.88. The molecule has 0 aromatic heterocycles. The van der Waals surface area contributed by atoms with Crippen molar-refractivity contribution in [3.63, 3.8) is 0 Å². The molecule has 3 unspecified atom stereocenters. The van der Waals surface area contributed by atoms with Gasteiger partial charge in [0.05, 0.1) is 11.3 Å². The first-order chi connectivity index (χ1) is 17.6. The number of hydrogen-bond donors (Lipinski definition) is 3. The number of rotatable bonds is 6. The summed E-state index contributed by atoms with van der Waals surface area (Å²) >= 11 is 0. The van der Waals surface area contributed by atoms with Crippen LogP contribution in [0.5, 0.6) is 5.75 Å². The maximum atomic E-state index is 13.4. The molecule has 1 aliphatic heterocycles. The molecule has 1 heterocycles. The lowest BCUT2D eigenvalue weighted by atomic mass is 9.82. The summed E-state index contributed by atoms with van der Waals surface area (Å²) in [6.07, 6.45) is -3.38. The van der Waals surface area contributed by atoms with Crippen molar-refractivity contribution in [2.75, 3.05) is 5.73 Å². The van der Waals surface area contributed by atoms with Crippen molar-refractivity contribution in [2.45, 2.75) is 85.7 Å². The maximum Gasteiger partial charge on any atom is 0.348 e. The fourth-order valence-electron chi connectivity index (χ4n) is 3.87. The standard InChI is InChI=1S/C27H38N2O9/c1-8-14(4)21-25(34)37-18(12-13(2)3)22(31)27(6,7)26(35)36-15(5)19(24(33)38-21)29-23(32)16-10-9-11-17(28)20(16)30/h9-11,13-15,18-19,21,30H,8,12,28H2,1-7H3,(H,29,32)/t14?,15-,18?,19+,21?/m1/s1. The van der Waals surface area contributed by atoms with Gasteiger partial charge in [0.1, 0.15) is 11.5 Å². The number of anilines is 1. The Bertz CT molecular complexity index is 1080. The second kappa shape index (κ2) is 12.3. The van der Waals surface area contributed by atoms with Gasteiger partial charge in [-0.25, -0.2) is 9.59 Å². The van der Waals surface area contributed by atoms with Crippen LogP contribution in [0.2, 0.25) is 0 Å². The van der Waals surface area contributed by atoms with Crippen molar-refractivity contribution in [3.05, 3.63) is 23.8 Å². The largest absolute Gasteiger partial charge is 0.505 e. The van der Waals surface area contributed by atoms with Gasteiger partial charge in [-0.05, 0) is 51.7 Å². The normalized spacial score (nSPS) is 25.4. The Labute approximate surface area is 222 Å². The van der Waals surface area contributed by atoms with Crippen LogP contribution in [0.1, 0.15) is 71.7 Å². The fraction of sp³-hybridized carbons (Fsp3) is 0.593. The summed E-state index contributed by atoms with van der Waals surface area (Å²) < 4.78 is 16.5. The van der Waals surface area contributed by atoms with E-state index in [1.807, 2.05) is 13.8 Å². The van der Waals surface area contributed by atoms with Gasteiger partial charge in [-0.15, -0.1) is 0 Å². The Morgan fingerprint density at radius 3 is 2.29 bits per heavy atom. The average Bonchev–Trinajstić information content (AvgIpc) is 2.84. The Balaban J connectivity index is 2.54. The van der Waals surface area contributed by atoms with Crippen molar-refractivity contribution in [1.82, 2.24) is 5.32 Å². The molecule has 0 spiro atoms. The molecular weight excluding hydrogens is 496 g/mol. The first-order valence-electron chi connectivity index (χ1n) is 12.7. The smallest absolute Gasteiger partial charge is 0.348 e. The highest BCUT2D eigenvalue weighted by Gasteiger charge is 2.47. The van der Waals surface area contributed by atoms with E-state index in [4.69, 9.17) is 19.9 Å². The Morgan fingerprint density at radius 2 is 1.71 bits per heavy atom. The van der Waals surface area contributed by atoms with E-state index in [9.17, 15) is 29.1 Å². The number of aromatic hydroxyl groups is 1. The molecule has 11 heteroatoms. The molecule has 1 aliphatic rings. The van der Waals surface area contributed by atoms with Gasteiger partial charge in [0, 0.05) is 5.92 Å².